The highest BCUT2D eigenvalue weighted by Gasteiger charge is 2.30. The third-order valence-electron chi connectivity index (χ3n) is 3.68. The second-order valence-electron chi connectivity index (χ2n) is 4.70. The zero-order chi connectivity index (χ0) is 9.97. The second-order valence-corrected chi connectivity index (χ2v) is 4.70. The lowest BCUT2D eigenvalue weighted by Crippen LogP contribution is -2.23. The van der Waals surface area contributed by atoms with E-state index in [9.17, 15) is 9.59 Å². The minimum absolute atomic E-state index is 0.218. The number of ketones is 2. The SMILES string of the molecule is O=C1CCCCC1CC1CCCC1=O. The Kier molecular flexibility index (Phi) is 2.99. The van der Waals surface area contributed by atoms with Crippen molar-refractivity contribution in [1.82, 2.24) is 0 Å². The fourth-order valence-corrected chi connectivity index (χ4v) is 2.78. The monoisotopic (exact) mass is 194 g/mol. The molecule has 2 nitrogen and oxygen atoms in total. The molecule has 0 heterocycles. The average Bonchev–Trinajstić information content (AvgIpc) is 2.56. The van der Waals surface area contributed by atoms with E-state index in [1.165, 1.54) is 6.42 Å². The summed E-state index contributed by atoms with van der Waals surface area (Å²) in [5.74, 6) is 1.26. The number of Topliss-reactive ketones (excluding diaryl/α,β-unsaturated/α-hetero) is 2. The van der Waals surface area contributed by atoms with Crippen LogP contribution in [0.1, 0.15) is 51.4 Å². The highest BCUT2D eigenvalue weighted by molar-refractivity contribution is 5.85. The molecule has 2 aliphatic carbocycles. The Hall–Kier alpha value is -0.660. The maximum absolute atomic E-state index is 11.6. The van der Waals surface area contributed by atoms with Gasteiger partial charge in [0.1, 0.15) is 11.6 Å². The molecule has 0 aromatic rings. The van der Waals surface area contributed by atoms with E-state index < -0.39 is 0 Å². The number of carbonyl (C=O) groups excluding carboxylic acids is 2. The summed E-state index contributed by atoms with van der Waals surface area (Å²) < 4.78 is 0. The van der Waals surface area contributed by atoms with E-state index in [1.54, 1.807) is 0 Å². The van der Waals surface area contributed by atoms with Crippen LogP contribution in [0.4, 0.5) is 0 Å². The van der Waals surface area contributed by atoms with Crippen LogP contribution in [-0.2, 0) is 9.59 Å². The molecule has 0 spiro atoms. The molecule has 2 fully saturated rings. The summed E-state index contributed by atoms with van der Waals surface area (Å²) in [5, 5.41) is 0. The molecule has 2 unspecified atom stereocenters. The second kappa shape index (κ2) is 4.24. The molecule has 14 heavy (non-hydrogen) atoms. The molecule has 0 aliphatic heterocycles. The van der Waals surface area contributed by atoms with Crippen molar-refractivity contribution in [2.45, 2.75) is 51.4 Å². The third kappa shape index (κ3) is 2.05. The lowest BCUT2D eigenvalue weighted by atomic mass is 9.81. The van der Waals surface area contributed by atoms with Gasteiger partial charge in [-0.3, -0.25) is 9.59 Å². The third-order valence-corrected chi connectivity index (χ3v) is 3.68. The van der Waals surface area contributed by atoms with Gasteiger partial charge in [-0.15, -0.1) is 0 Å². The van der Waals surface area contributed by atoms with Gasteiger partial charge in [0.15, 0.2) is 0 Å². The number of hydrogen-bond donors (Lipinski definition) is 0. The highest BCUT2D eigenvalue weighted by Crippen LogP contribution is 2.32. The lowest BCUT2D eigenvalue weighted by molar-refractivity contribution is -0.126. The Balaban J connectivity index is 1.89. The summed E-state index contributed by atoms with van der Waals surface area (Å²) in [6.45, 7) is 0. The van der Waals surface area contributed by atoms with Crippen LogP contribution >= 0.6 is 0 Å². The molecular formula is C12H18O2. The van der Waals surface area contributed by atoms with Crippen molar-refractivity contribution in [2.75, 3.05) is 0 Å². The summed E-state index contributed by atoms with van der Waals surface area (Å²) in [6, 6.07) is 0. The van der Waals surface area contributed by atoms with Crippen LogP contribution in [0.5, 0.6) is 0 Å². The van der Waals surface area contributed by atoms with Crippen molar-refractivity contribution in [2.24, 2.45) is 11.8 Å². The van der Waals surface area contributed by atoms with Gasteiger partial charge in [0, 0.05) is 24.7 Å². The molecule has 0 aromatic heterocycles. The van der Waals surface area contributed by atoms with Crippen LogP contribution in [0.2, 0.25) is 0 Å². The summed E-state index contributed by atoms with van der Waals surface area (Å²) in [6.07, 6.45) is 7.72. The predicted molar refractivity (Wildman–Crippen MR) is 53.9 cm³/mol. The van der Waals surface area contributed by atoms with Gasteiger partial charge in [0.25, 0.3) is 0 Å². The zero-order valence-corrected chi connectivity index (χ0v) is 8.63. The first kappa shape index (κ1) is 9.88. The molecule has 0 amide bonds. The van der Waals surface area contributed by atoms with Crippen LogP contribution in [0, 0.1) is 11.8 Å². The number of rotatable bonds is 2. The molecule has 78 valence electrons. The molecule has 2 atom stereocenters. The Morgan fingerprint density at radius 2 is 1.43 bits per heavy atom. The summed E-state index contributed by atoms with van der Waals surface area (Å²) >= 11 is 0. The Morgan fingerprint density at radius 3 is 2.00 bits per heavy atom. The fourth-order valence-electron chi connectivity index (χ4n) is 2.78. The Labute approximate surface area is 85.1 Å². The van der Waals surface area contributed by atoms with E-state index in [0.717, 1.165) is 44.9 Å². The van der Waals surface area contributed by atoms with Gasteiger partial charge >= 0.3 is 0 Å². The first-order chi connectivity index (χ1) is 6.77. The van der Waals surface area contributed by atoms with Crippen molar-refractivity contribution < 1.29 is 9.59 Å². The largest absolute Gasteiger partial charge is 0.299 e. The standard InChI is InChI=1S/C12H18O2/c13-11-6-2-1-4-9(11)8-10-5-3-7-12(10)14/h9-10H,1-8H2. The van der Waals surface area contributed by atoms with E-state index in [4.69, 9.17) is 0 Å². The van der Waals surface area contributed by atoms with Crippen molar-refractivity contribution in [3.63, 3.8) is 0 Å². The highest BCUT2D eigenvalue weighted by atomic mass is 16.1. The summed E-state index contributed by atoms with van der Waals surface area (Å²) in [5.41, 5.74) is 0. The van der Waals surface area contributed by atoms with Gasteiger partial charge in [0.05, 0.1) is 0 Å². The molecule has 2 saturated carbocycles. The van der Waals surface area contributed by atoms with E-state index in [-0.39, 0.29) is 11.8 Å². The minimum atomic E-state index is 0.218. The van der Waals surface area contributed by atoms with Crippen LogP contribution < -0.4 is 0 Å². The van der Waals surface area contributed by atoms with Crippen LogP contribution in [0.25, 0.3) is 0 Å². The maximum atomic E-state index is 11.6. The normalized spacial score (nSPS) is 33.7. The molecule has 2 aliphatic rings. The first-order valence-corrected chi connectivity index (χ1v) is 5.83. The number of carbonyl (C=O) groups is 2. The molecule has 0 saturated heterocycles. The average molecular weight is 194 g/mol. The Morgan fingerprint density at radius 1 is 0.857 bits per heavy atom. The summed E-state index contributed by atoms with van der Waals surface area (Å²) in [4.78, 5) is 23.0. The van der Waals surface area contributed by atoms with Crippen molar-refractivity contribution in [3.05, 3.63) is 0 Å². The molecule has 0 bridgehead atoms. The molecule has 2 heteroatoms. The molecule has 0 N–H and O–H groups in total. The molecule has 0 radical (unpaired) electrons. The van der Waals surface area contributed by atoms with Gasteiger partial charge in [0.2, 0.25) is 0 Å². The first-order valence-electron chi connectivity index (χ1n) is 5.83. The van der Waals surface area contributed by atoms with Gasteiger partial charge in [-0.25, -0.2) is 0 Å². The predicted octanol–water partition coefficient (Wildman–Crippen LogP) is 2.51. The summed E-state index contributed by atoms with van der Waals surface area (Å²) in [7, 11) is 0. The van der Waals surface area contributed by atoms with Crippen LogP contribution in [0.15, 0.2) is 0 Å². The van der Waals surface area contributed by atoms with Crippen LogP contribution in [0.3, 0.4) is 0 Å². The lowest BCUT2D eigenvalue weighted by Gasteiger charge is -2.22. The minimum Gasteiger partial charge on any atom is -0.299 e. The molecule has 0 aromatic carbocycles. The zero-order valence-electron chi connectivity index (χ0n) is 8.63. The molecule has 2 rings (SSSR count). The van der Waals surface area contributed by atoms with E-state index >= 15 is 0 Å². The Bertz CT molecular complexity index is 245. The van der Waals surface area contributed by atoms with Crippen molar-refractivity contribution in [1.29, 1.82) is 0 Å². The maximum Gasteiger partial charge on any atom is 0.136 e. The van der Waals surface area contributed by atoms with Crippen molar-refractivity contribution in [3.8, 4) is 0 Å². The molecular weight excluding hydrogens is 176 g/mol. The van der Waals surface area contributed by atoms with Crippen molar-refractivity contribution >= 4 is 11.6 Å². The van der Waals surface area contributed by atoms with Gasteiger partial charge < -0.3 is 0 Å². The van der Waals surface area contributed by atoms with Gasteiger partial charge in [-0.2, -0.15) is 0 Å². The quantitative estimate of drug-likeness (QED) is 0.676. The fraction of sp³-hybridized carbons (Fsp3) is 0.833. The smallest absolute Gasteiger partial charge is 0.136 e. The topological polar surface area (TPSA) is 34.1 Å². The van der Waals surface area contributed by atoms with Gasteiger partial charge in [-0.05, 0) is 32.1 Å². The number of hydrogen-bond acceptors (Lipinski definition) is 2. The van der Waals surface area contributed by atoms with Crippen LogP contribution in [-0.4, -0.2) is 11.6 Å². The van der Waals surface area contributed by atoms with Gasteiger partial charge in [-0.1, -0.05) is 6.42 Å². The van der Waals surface area contributed by atoms with E-state index in [1.807, 2.05) is 0 Å². The van der Waals surface area contributed by atoms with E-state index in [0.29, 0.717) is 11.6 Å². The van der Waals surface area contributed by atoms with E-state index in [2.05, 4.69) is 0 Å².